The van der Waals surface area contributed by atoms with Crippen LogP contribution in [0.3, 0.4) is 0 Å². The molecule has 2 rings (SSSR count). The van der Waals surface area contributed by atoms with Crippen molar-refractivity contribution in [2.75, 3.05) is 6.54 Å². The fraction of sp³-hybridized carbons (Fsp3) is 0.188. The van der Waals surface area contributed by atoms with Crippen molar-refractivity contribution >= 4 is 35.0 Å². The standard InChI is InChI=1S/C16H15NO4S/c18-14(19)10-5-11-17-15(20)13(22-16(17)21)9-4-8-12-6-2-1-3-7-12/h1-4,6-9H,5,10-11H2,(H,18,19). The van der Waals surface area contributed by atoms with E-state index in [4.69, 9.17) is 5.11 Å². The first kappa shape index (κ1) is 16.0. The van der Waals surface area contributed by atoms with Gasteiger partial charge in [0.2, 0.25) is 0 Å². The quantitative estimate of drug-likeness (QED) is 0.816. The van der Waals surface area contributed by atoms with E-state index in [1.807, 2.05) is 36.4 Å². The van der Waals surface area contributed by atoms with Gasteiger partial charge in [-0.25, -0.2) is 0 Å². The Hall–Kier alpha value is -2.34. The van der Waals surface area contributed by atoms with Crippen molar-refractivity contribution in [3.05, 3.63) is 53.0 Å². The SMILES string of the molecule is O=C(O)CCCN1C(=O)SC(=CC=Cc2ccccc2)C1=O. The van der Waals surface area contributed by atoms with Gasteiger partial charge in [0.25, 0.3) is 11.1 Å². The van der Waals surface area contributed by atoms with Crippen molar-refractivity contribution in [3.63, 3.8) is 0 Å². The maximum atomic E-state index is 12.1. The highest BCUT2D eigenvalue weighted by molar-refractivity contribution is 8.18. The maximum Gasteiger partial charge on any atom is 0.303 e. The molecule has 1 saturated heterocycles. The van der Waals surface area contributed by atoms with Gasteiger partial charge in [-0.2, -0.15) is 0 Å². The average molecular weight is 317 g/mol. The Morgan fingerprint density at radius 3 is 2.64 bits per heavy atom. The second kappa shape index (κ2) is 7.61. The predicted molar refractivity (Wildman–Crippen MR) is 85.1 cm³/mol. The number of carboxylic acids is 1. The molecule has 114 valence electrons. The number of nitrogens with zero attached hydrogens (tertiary/aromatic N) is 1. The first-order valence-electron chi connectivity index (χ1n) is 6.77. The van der Waals surface area contributed by atoms with E-state index >= 15 is 0 Å². The second-order valence-corrected chi connectivity index (χ2v) is 5.62. The van der Waals surface area contributed by atoms with Crippen molar-refractivity contribution in [2.24, 2.45) is 0 Å². The van der Waals surface area contributed by atoms with E-state index in [1.54, 1.807) is 12.2 Å². The number of allylic oxidation sites excluding steroid dienone is 2. The van der Waals surface area contributed by atoms with E-state index in [-0.39, 0.29) is 30.5 Å². The van der Waals surface area contributed by atoms with E-state index in [9.17, 15) is 14.4 Å². The highest BCUT2D eigenvalue weighted by Crippen LogP contribution is 2.30. The Morgan fingerprint density at radius 1 is 1.23 bits per heavy atom. The summed E-state index contributed by atoms with van der Waals surface area (Å²) in [6.07, 6.45) is 5.38. The molecule has 0 radical (unpaired) electrons. The van der Waals surface area contributed by atoms with Gasteiger partial charge in [0.15, 0.2) is 0 Å². The van der Waals surface area contributed by atoms with Crippen LogP contribution in [0.15, 0.2) is 47.4 Å². The van der Waals surface area contributed by atoms with Gasteiger partial charge in [-0.3, -0.25) is 19.3 Å². The lowest BCUT2D eigenvalue weighted by atomic mass is 10.2. The fourth-order valence-corrected chi connectivity index (χ4v) is 2.72. The number of carbonyl (C=O) groups excluding carboxylic acids is 2. The van der Waals surface area contributed by atoms with Crippen LogP contribution in [0.25, 0.3) is 6.08 Å². The summed E-state index contributed by atoms with van der Waals surface area (Å²) in [4.78, 5) is 35.7. The van der Waals surface area contributed by atoms with Crippen LogP contribution in [0.2, 0.25) is 0 Å². The van der Waals surface area contributed by atoms with E-state index in [0.717, 1.165) is 22.2 Å². The van der Waals surface area contributed by atoms with E-state index in [2.05, 4.69) is 0 Å². The molecular formula is C16H15NO4S. The molecule has 1 N–H and O–H groups in total. The first-order valence-corrected chi connectivity index (χ1v) is 7.58. The monoisotopic (exact) mass is 317 g/mol. The molecule has 5 nitrogen and oxygen atoms in total. The van der Waals surface area contributed by atoms with Gasteiger partial charge in [0.05, 0.1) is 4.91 Å². The number of hydrogen-bond acceptors (Lipinski definition) is 4. The van der Waals surface area contributed by atoms with Crippen molar-refractivity contribution in [3.8, 4) is 0 Å². The molecule has 1 heterocycles. The number of rotatable bonds is 6. The largest absolute Gasteiger partial charge is 0.481 e. The highest BCUT2D eigenvalue weighted by atomic mass is 32.2. The van der Waals surface area contributed by atoms with Crippen LogP contribution in [-0.2, 0) is 9.59 Å². The predicted octanol–water partition coefficient (Wildman–Crippen LogP) is 3.14. The number of benzene rings is 1. The van der Waals surface area contributed by atoms with Gasteiger partial charge >= 0.3 is 5.97 Å². The lowest BCUT2D eigenvalue weighted by Crippen LogP contribution is -2.29. The molecule has 1 aromatic rings. The van der Waals surface area contributed by atoms with E-state index in [1.165, 1.54) is 0 Å². The van der Waals surface area contributed by atoms with Gasteiger partial charge in [0, 0.05) is 13.0 Å². The maximum absolute atomic E-state index is 12.1. The minimum atomic E-state index is -0.937. The summed E-state index contributed by atoms with van der Waals surface area (Å²) in [5.41, 5.74) is 0.999. The molecular weight excluding hydrogens is 302 g/mol. The molecule has 0 aromatic heterocycles. The topological polar surface area (TPSA) is 74.7 Å². The Labute approximate surface area is 132 Å². The number of thioether (sulfide) groups is 1. The second-order valence-electron chi connectivity index (χ2n) is 4.62. The van der Waals surface area contributed by atoms with Crippen LogP contribution < -0.4 is 0 Å². The van der Waals surface area contributed by atoms with E-state index < -0.39 is 5.97 Å². The lowest BCUT2D eigenvalue weighted by Gasteiger charge is -2.10. The summed E-state index contributed by atoms with van der Waals surface area (Å²) < 4.78 is 0. The molecule has 0 spiro atoms. The number of aliphatic carboxylic acids is 1. The molecule has 22 heavy (non-hydrogen) atoms. The zero-order valence-corrected chi connectivity index (χ0v) is 12.6. The molecule has 1 fully saturated rings. The smallest absolute Gasteiger partial charge is 0.303 e. The van der Waals surface area contributed by atoms with Gasteiger partial charge in [-0.05, 0) is 29.8 Å². The number of carboxylic acid groups (broad SMARTS) is 1. The third kappa shape index (κ3) is 4.33. The van der Waals surface area contributed by atoms with Gasteiger partial charge < -0.3 is 5.11 Å². The molecule has 0 aliphatic carbocycles. The first-order chi connectivity index (χ1) is 10.6. The number of imide groups is 1. The van der Waals surface area contributed by atoms with Crippen molar-refractivity contribution in [1.29, 1.82) is 0 Å². The average Bonchev–Trinajstić information content (AvgIpc) is 2.76. The highest BCUT2D eigenvalue weighted by Gasteiger charge is 2.34. The van der Waals surface area contributed by atoms with Crippen molar-refractivity contribution in [2.45, 2.75) is 12.8 Å². The van der Waals surface area contributed by atoms with Gasteiger partial charge in [-0.1, -0.05) is 42.5 Å². The summed E-state index contributed by atoms with van der Waals surface area (Å²) in [5.74, 6) is -1.30. The van der Waals surface area contributed by atoms with Crippen LogP contribution in [0.5, 0.6) is 0 Å². The van der Waals surface area contributed by atoms with Gasteiger partial charge in [0.1, 0.15) is 0 Å². The molecule has 6 heteroatoms. The Kier molecular flexibility index (Phi) is 5.55. The molecule has 0 atom stereocenters. The number of amides is 2. The van der Waals surface area contributed by atoms with Crippen LogP contribution in [0.1, 0.15) is 18.4 Å². The molecule has 1 aliphatic heterocycles. The summed E-state index contributed by atoms with van der Waals surface area (Å²) in [7, 11) is 0. The van der Waals surface area contributed by atoms with Crippen LogP contribution >= 0.6 is 11.8 Å². The van der Waals surface area contributed by atoms with Crippen LogP contribution in [-0.4, -0.2) is 33.7 Å². The summed E-state index contributed by atoms with van der Waals surface area (Å²) in [6.45, 7) is 0.136. The van der Waals surface area contributed by atoms with Crippen molar-refractivity contribution < 1.29 is 19.5 Å². The Balaban J connectivity index is 1.97. The summed E-state index contributed by atoms with van der Waals surface area (Å²) in [6, 6.07) is 9.61. The Bertz CT molecular complexity index is 637. The summed E-state index contributed by atoms with van der Waals surface area (Å²) >= 11 is 0.876. The van der Waals surface area contributed by atoms with E-state index in [0.29, 0.717) is 4.91 Å². The van der Waals surface area contributed by atoms with Gasteiger partial charge in [-0.15, -0.1) is 0 Å². The third-order valence-electron chi connectivity index (χ3n) is 2.98. The minimum Gasteiger partial charge on any atom is -0.481 e. The lowest BCUT2D eigenvalue weighted by molar-refractivity contribution is -0.137. The Morgan fingerprint density at radius 2 is 1.95 bits per heavy atom. The number of carbonyl (C=O) groups is 3. The molecule has 0 saturated carbocycles. The van der Waals surface area contributed by atoms with Crippen LogP contribution in [0, 0.1) is 0 Å². The zero-order valence-electron chi connectivity index (χ0n) is 11.8. The minimum absolute atomic E-state index is 0.0608. The normalized spacial score (nSPS) is 16.9. The molecule has 0 bridgehead atoms. The molecule has 1 aliphatic rings. The fourth-order valence-electron chi connectivity index (χ4n) is 1.91. The number of hydrogen-bond donors (Lipinski definition) is 1. The molecule has 0 unspecified atom stereocenters. The molecule has 2 amide bonds. The molecule has 1 aromatic carbocycles. The summed E-state index contributed by atoms with van der Waals surface area (Å²) in [5, 5.41) is 8.23. The van der Waals surface area contributed by atoms with Crippen molar-refractivity contribution in [1.82, 2.24) is 4.90 Å². The van der Waals surface area contributed by atoms with Crippen LogP contribution in [0.4, 0.5) is 4.79 Å². The third-order valence-corrected chi connectivity index (χ3v) is 3.91. The zero-order chi connectivity index (χ0) is 15.9.